The van der Waals surface area contributed by atoms with Crippen LogP contribution in [0.2, 0.25) is 0 Å². The van der Waals surface area contributed by atoms with Crippen LogP contribution in [0.4, 0.5) is 5.69 Å². The van der Waals surface area contributed by atoms with Gasteiger partial charge in [-0.1, -0.05) is 44.4 Å². The summed E-state index contributed by atoms with van der Waals surface area (Å²) in [6.07, 6.45) is 4.99. The van der Waals surface area contributed by atoms with E-state index in [1.54, 1.807) is 0 Å². The molecule has 0 aliphatic heterocycles. The molecule has 0 spiro atoms. The van der Waals surface area contributed by atoms with Crippen LogP contribution in [0.1, 0.15) is 32.6 Å². The number of anilines is 1. The number of benzene rings is 1. The van der Waals surface area contributed by atoms with Crippen molar-refractivity contribution in [3.05, 3.63) is 30.3 Å². The minimum atomic E-state index is 0.644. The van der Waals surface area contributed by atoms with Crippen molar-refractivity contribution in [3.8, 4) is 0 Å². The second kappa shape index (κ2) is 8.82. The van der Waals surface area contributed by atoms with Gasteiger partial charge in [-0.05, 0) is 30.8 Å². The predicted octanol–water partition coefficient (Wildman–Crippen LogP) is 3.06. The van der Waals surface area contributed by atoms with E-state index in [4.69, 9.17) is 12.2 Å². The summed E-state index contributed by atoms with van der Waals surface area (Å²) in [7, 11) is 0. The van der Waals surface area contributed by atoms with Gasteiger partial charge in [0.05, 0.1) is 5.69 Å². The number of hydrazine groups is 1. The summed E-state index contributed by atoms with van der Waals surface area (Å²) >= 11 is 5.15. The lowest BCUT2D eigenvalue weighted by molar-refractivity contribution is 0.652. The number of para-hydroxylation sites is 1. The molecule has 3 nitrogen and oxygen atoms in total. The van der Waals surface area contributed by atoms with Gasteiger partial charge in [-0.2, -0.15) is 0 Å². The van der Waals surface area contributed by atoms with Gasteiger partial charge in [0.25, 0.3) is 0 Å². The van der Waals surface area contributed by atoms with Gasteiger partial charge >= 0.3 is 0 Å². The topological polar surface area (TPSA) is 36.1 Å². The van der Waals surface area contributed by atoms with E-state index in [-0.39, 0.29) is 0 Å². The molecule has 0 radical (unpaired) electrons. The third-order valence-electron chi connectivity index (χ3n) is 2.41. The average molecular weight is 251 g/mol. The fraction of sp³-hybridized carbons (Fsp3) is 0.462. The number of unbranched alkanes of at least 4 members (excludes halogenated alkanes) is 3. The van der Waals surface area contributed by atoms with E-state index < -0.39 is 0 Å². The van der Waals surface area contributed by atoms with E-state index in [0.717, 1.165) is 12.2 Å². The maximum atomic E-state index is 5.15. The van der Waals surface area contributed by atoms with Crippen molar-refractivity contribution in [2.45, 2.75) is 32.6 Å². The monoisotopic (exact) mass is 251 g/mol. The lowest BCUT2D eigenvalue weighted by Crippen LogP contribution is -2.39. The van der Waals surface area contributed by atoms with Gasteiger partial charge in [0.1, 0.15) is 0 Å². The highest BCUT2D eigenvalue weighted by Gasteiger charge is 1.94. The Labute approximate surface area is 109 Å². The molecule has 1 aromatic rings. The minimum absolute atomic E-state index is 0.644. The Balaban J connectivity index is 2.05. The molecule has 0 atom stereocenters. The van der Waals surface area contributed by atoms with Gasteiger partial charge in [0.15, 0.2) is 5.11 Å². The third kappa shape index (κ3) is 6.79. The molecule has 0 aliphatic rings. The molecule has 3 N–H and O–H groups in total. The molecular formula is C13H21N3S. The molecule has 0 aromatic heterocycles. The summed E-state index contributed by atoms with van der Waals surface area (Å²) in [4.78, 5) is 0. The molecule has 0 amide bonds. The molecule has 17 heavy (non-hydrogen) atoms. The zero-order chi connectivity index (χ0) is 12.3. The van der Waals surface area contributed by atoms with Gasteiger partial charge in [-0.15, -0.1) is 0 Å². The molecule has 0 heterocycles. The second-order valence-corrected chi connectivity index (χ2v) is 4.34. The van der Waals surface area contributed by atoms with E-state index in [2.05, 4.69) is 23.1 Å². The van der Waals surface area contributed by atoms with Crippen LogP contribution in [-0.2, 0) is 0 Å². The number of hydrogen-bond acceptors (Lipinski definition) is 2. The van der Waals surface area contributed by atoms with Crippen molar-refractivity contribution < 1.29 is 0 Å². The van der Waals surface area contributed by atoms with Gasteiger partial charge in [0, 0.05) is 6.54 Å². The summed E-state index contributed by atoms with van der Waals surface area (Å²) in [5.41, 5.74) is 7.01. The van der Waals surface area contributed by atoms with Crippen molar-refractivity contribution in [1.82, 2.24) is 10.7 Å². The van der Waals surface area contributed by atoms with Crippen LogP contribution in [0.25, 0.3) is 0 Å². The molecular weight excluding hydrogens is 230 g/mol. The Morgan fingerprint density at radius 1 is 1.12 bits per heavy atom. The van der Waals surface area contributed by atoms with Crippen molar-refractivity contribution in [3.63, 3.8) is 0 Å². The number of nitrogens with one attached hydrogen (secondary N) is 3. The largest absolute Gasteiger partial charge is 0.361 e. The van der Waals surface area contributed by atoms with Crippen molar-refractivity contribution >= 4 is 23.0 Å². The zero-order valence-electron chi connectivity index (χ0n) is 10.3. The Morgan fingerprint density at radius 2 is 1.88 bits per heavy atom. The van der Waals surface area contributed by atoms with E-state index >= 15 is 0 Å². The quantitative estimate of drug-likeness (QED) is 0.395. The molecule has 94 valence electrons. The zero-order valence-corrected chi connectivity index (χ0v) is 11.1. The number of rotatable bonds is 7. The summed E-state index contributed by atoms with van der Waals surface area (Å²) < 4.78 is 0. The van der Waals surface area contributed by atoms with Crippen LogP contribution in [0.15, 0.2) is 30.3 Å². The van der Waals surface area contributed by atoms with E-state index in [1.807, 2.05) is 30.3 Å². The Hall–Kier alpha value is -1.29. The van der Waals surface area contributed by atoms with Gasteiger partial charge in [-0.3, -0.25) is 10.9 Å². The fourth-order valence-electron chi connectivity index (χ4n) is 1.45. The molecule has 1 aromatic carbocycles. The summed E-state index contributed by atoms with van der Waals surface area (Å²) in [5, 5.41) is 3.81. The van der Waals surface area contributed by atoms with Crippen molar-refractivity contribution in [1.29, 1.82) is 0 Å². The second-order valence-electron chi connectivity index (χ2n) is 3.93. The predicted molar refractivity (Wildman–Crippen MR) is 77.9 cm³/mol. The number of thiocarbonyl (C=S) groups is 1. The molecule has 0 bridgehead atoms. The Kier molecular flexibility index (Phi) is 7.14. The van der Waals surface area contributed by atoms with E-state index in [1.165, 1.54) is 25.7 Å². The van der Waals surface area contributed by atoms with E-state index in [0.29, 0.717) is 5.11 Å². The summed E-state index contributed by atoms with van der Waals surface area (Å²) in [5.74, 6) is 0. The van der Waals surface area contributed by atoms with Crippen LogP contribution >= 0.6 is 12.2 Å². The molecule has 0 aliphatic carbocycles. The fourth-order valence-corrected chi connectivity index (χ4v) is 1.60. The third-order valence-corrected chi connectivity index (χ3v) is 2.66. The highest BCUT2D eigenvalue weighted by molar-refractivity contribution is 7.80. The SMILES string of the molecule is CCCCCCNC(=S)NNc1ccccc1. The smallest absolute Gasteiger partial charge is 0.185 e. The molecule has 0 saturated heterocycles. The van der Waals surface area contributed by atoms with Crippen LogP contribution in [0.5, 0.6) is 0 Å². The normalized spacial score (nSPS) is 9.71. The maximum absolute atomic E-state index is 5.15. The molecule has 0 fully saturated rings. The highest BCUT2D eigenvalue weighted by atomic mass is 32.1. The van der Waals surface area contributed by atoms with Crippen LogP contribution in [-0.4, -0.2) is 11.7 Å². The lowest BCUT2D eigenvalue weighted by Gasteiger charge is -2.12. The molecule has 0 unspecified atom stereocenters. The van der Waals surface area contributed by atoms with E-state index in [9.17, 15) is 0 Å². The standard InChI is InChI=1S/C13H21N3S/c1-2-3-4-8-11-14-13(17)16-15-12-9-6-5-7-10-12/h5-7,9-10,15H,2-4,8,11H2,1H3,(H2,14,16,17). The highest BCUT2D eigenvalue weighted by Crippen LogP contribution is 2.02. The van der Waals surface area contributed by atoms with Crippen LogP contribution in [0.3, 0.4) is 0 Å². The molecule has 4 heteroatoms. The average Bonchev–Trinajstić information content (AvgIpc) is 2.37. The first-order valence-electron chi connectivity index (χ1n) is 6.18. The Bertz CT molecular complexity index is 314. The summed E-state index contributed by atoms with van der Waals surface area (Å²) in [6.45, 7) is 3.14. The van der Waals surface area contributed by atoms with Crippen molar-refractivity contribution in [2.24, 2.45) is 0 Å². The molecule has 1 rings (SSSR count). The number of hydrogen-bond donors (Lipinski definition) is 3. The first-order valence-corrected chi connectivity index (χ1v) is 6.58. The van der Waals surface area contributed by atoms with Gasteiger partial charge in [0.2, 0.25) is 0 Å². The Morgan fingerprint density at radius 3 is 2.59 bits per heavy atom. The first-order chi connectivity index (χ1) is 8.33. The minimum Gasteiger partial charge on any atom is -0.361 e. The van der Waals surface area contributed by atoms with Crippen LogP contribution in [0, 0.1) is 0 Å². The van der Waals surface area contributed by atoms with Crippen molar-refractivity contribution in [2.75, 3.05) is 12.0 Å². The molecule has 0 saturated carbocycles. The maximum Gasteiger partial charge on any atom is 0.185 e. The van der Waals surface area contributed by atoms with Gasteiger partial charge in [-0.25, -0.2) is 0 Å². The first kappa shape index (κ1) is 13.8. The van der Waals surface area contributed by atoms with Gasteiger partial charge < -0.3 is 5.32 Å². The van der Waals surface area contributed by atoms with Crippen LogP contribution < -0.4 is 16.2 Å². The lowest BCUT2D eigenvalue weighted by atomic mass is 10.2. The summed E-state index contributed by atoms with van der Waals surface area (Å²) in [6, 6.07) is 9.90.